The van der Waals surface area contributed by atoms with E-state index < -0.39 is 0 Å². The third-order valence-corrected chi connectivity index (χ3v) is 6.95. The summed E-state index contributed by atoms with van der Waals surface area (Å²) >= 11 is 2.74. The molecule has 30 heavy (non-hydrogen) atoms. The van der Waals surface area contributed by atoms with Gasteiger partial charge in [0, 0.05) is 10.9 Å². The maximum absolute atomic E-state index is 13.2. The Bertz CT molecular complexity index is 1320. The van der Waals surface area contributed by atoms with Crippen molar-refractivity contribution in [1.82, 2.24) is 19.7 Å². The number of thiophene rings is 1. The molecule has 7 nitrogen and oxygen atoms in total. The number of amides is 1. The summed E-state index contributed by atoms with van der Waals surface area (Å²) < 4.78 is 1.35. The summed E-state index contributed by atoms with van der Waals surface area (Å²) in [6.07, 6.45) is 6.08. The molecule has 0 spiro atoms. The molecule has 5 rings (SSSR count). The second-order valence-corrected chi connectivity index (χ2v) is 9.41. The zero-order chi connectivity index (χ0) is 20.7. The Morgan fingerprint density at radius 2 is 2.03 bits per heavy atom. The van der Waals surface area contributed by atoms with E-state index in [-0.39, 0.29) is 18.0 Å². The number of anilines is 1. The van der Waals surface area contributed by atoms with Crippen molar-refractivity contribution in [3.63, 3.8) is 0 Å². The molecule has 0 fully saturated rings. The van der Waals surface area contributed by atoms with Crippen LogP contribution in [0.5, 0.6) is 0 Å². The average Bonchev–Trinajstić information content (AvgIpc) is 3.36. The molecular weight excluding hydrogens is 418 g/mol. The fourth-order valence-electron chi connectivity index (χ4n) is 3.85. The molecule has 0 atom stereocenters. The van der Waals surface area contributed by atoms with Crippen LogP contribution < -0.4 is 10.9 Å². The largest absolute Gasteiger partial charge is 0.299 e. The van der Waals surface area contributed by atoms with Gasteiger partial charge in [0.25, 0.3) is 5.56 Å². The number of benzene rings is 1. The fourth-order valence-corrected chi connectivity index (χ4v) is 5.37. The Morgan fingerprint density at radius 1 is 1.20 bits per heavy atom. The van der Waals surface area contributed by atoms with E-state index in [1.54, 1.807) is 0 Å². The summed E-state index contributed by atoms with van der Waals surface area (Å²) in [6.45, 7) is 1.69. The summed E-state index contributed by atoms with van der Waals surface area (Å²) in [5.41, 5.74) is 4.48. The molecule has 152 valence electrons. The molecule has 0 aliphatic heterocycles. The van der Waals surface area contributed by atoms with Crippen LogP contribution in [-0.4, -0.2) is 25.7 Å². The molecule has 1 amide bonds. The molecule has 0 radical (unpaired) electrons. The van der Waals surface area contributed by atoms with E-state index in [1.807, 2.05) is 12.3 Å². The number of rotatable bonds is 4. The van der Waals surface area contributed by atoms with Gasteiger partial charge in [0.05, 0.1) is 11.7 Å². The van der Waals surface area contributed by atoms with Gasteiger partial charge >= 0.3 is 0 Å². The van der Waals surface area contributed by atoms with Gasteiger partial charge < -0.3 is 0 Å². The van der Waals surface area contributed by atoms with Crippen molar-refractivity contribution in [3.05, 3.63) is 56.4 Å². The number of hydrogen-bond acceptors (Lipinski definition) is 7. The van der Waals surface area contributed by atoms with Crippen LogP contribution in [0, 0.1) is 6.92 Å². The number of carbonyl (C=O) groups excluding carboxylic acids is 1. The van der Waals surface area contributed by atoms with Crippen LogP contribution in [0.15, 0.2) is 34.7 Å². The van der Waals surface area contributed by atoms with E-state index in [0.717, 1.165) is 29.0 Å². The molecule has 1 aliphatic carbocycles. The molecule has 3 aromatic heterocycles. The first kappa shape index (κ1) is 19.1. The summed E-state index contributed by atoms with van der Waals surface area (Å²) in [5.74, 6) is -0.333. The highest BCUT2D eigenvalue weighted by molar-refractivity contribution is 7.17. The molecular formula is C21H19N5O2S2. The number of nitrogens with one attached hydrogen (secondary N) is 1. The number of nitrogens with zero attached hydrogens (tertiary/aromatic N) is 4. The second kappa shape index (κ2) is 7.73. The van der Waals surface area contributed by atoms with Crippen molar-refractivity contribution in [1.29, 1.82) is 0 Å². The molecule has 4 aromatic rings. The minimum Gasteiger partial charge on any atom is -0.299 e. The number of fused-ring (bicyclic) bond motifs is 2. The Morgan fingerprint density at radius 3 is 2.83 bits per heavy atom. The lowest BCUT2D eigenvalue weighted by Gasteiger charge is -2.16. The van der Waals surface area contributed by atoms with Gasteiger partial charge in [-0.2, -0.15) is 0 Å². The highest BCUT2D eigenvalue weighted by Gasteiger charge is 2.17. The molecule has 0 unspecified atom stereocenters. The maximum Gasteiger partial charge on any atom is 0.263 e. The first-order valence-corrected chi connectivity index (χ1v) is 11.5. The topological polar surface area (TPSA) is 89.8 Å². The summed E-state index contributed by atoms with van der Waals surface area (Å²) in [5, 5.41) is 14.2. The van der Waals surface area contributed by atoms with Gasteiger partial charge in [-0.15, -0.1) is 21.5 Å². The third-order valence-electron chi connectivity index (χ3n) is 5.31. The van der Waals surface area contributed by atoms with Crippen molar-refractivity contribution < 1.29 is 4.79 Å². The number of hydrogen-bond donors (Lipinski definition) is 1. The fraction of sp³-hybridized carbons (Fsp3) is 0.286. The van der Waals surface area contributed by atoms with E-state index in [9.17, 15) is 9.59 Å². The van der Waals surface area contributed by atoms with Gasteiger partial charge in [0.1, 0.15) is 16.4 Å². The van der Waals surface area contributed by atoms with Crippen LogP contribution >= 0.6 is 22.7 Å². The minimum atomic E-state index is -0.333. The standard InChI is InChI=1S/C21H19N5O2S2/c1-12-24-25-21(30-12)23-17(27)9-26-11-22-19-18(20(26)28)16(10-29-19)15-7-6-13-4-2-3-5-14(13)8-15/h6-8,10-11H,2-5,9H2,1H3,(H,23,25,27). The van der Waals surface area contributed by atoms with E-state index in [4.69, 9.17) is 0 Å². The molecule has 1 aliphatic rings. The lowest BCUT2D eigenvalue weighted by molar-refractivity contribution is -0.116. The van der Waals surface area contributed by atoms with Crippen LogP contribution in [-0.2, 0) is 24.2 Å². The van der Waals surface area contributed by atoms with Gasteiger partial charge in [0.15, 0.2) is 0 Å². The van der Waals surface area contributed by atoms with Gasteiger partial charge in [-0.05, 0) is 49.3 Å². The van der Waals surface area contributed by atoms with Crippen molar-refractivity contribution in [2.24, 2.45) is 0 Å². The van der Waals surface area contributed by atoms with E-state index in [1.165, 1.54) is 57.5 Å². The summed E-state index contributed by atoms with van der Waals surface area (Å²) in [4.78, 5) is 30.7. The molecule has 0 bridgehead atoms. The Labute approximate surface area is 180 Å². The first-order valence-electron chi connectivity index (χ1n) is 9.77. The lowest BCUT2D eigenvalue weighted by atomic mass is 9.89. The zero-order valence-corrected chi connectivity index (χ0v) is 18.0. The predicted octanol–water partition coefficient (Wildman–Crippen LogP) is 3.80. The lowest BCUT2D eigenvalue weighted by Crippen LogP contribution is -2.27. The second-order valence-electron chi connectivity index (χ2n) is 7.37. The van der Waals surface area contributed by atoms with Crippen LogP contribution in [0.1, 0.15) is 29.0 Å². The molecule has 9 heteroatoms. The molecule has 1 aromatic carbocycles. The van der Waals surface area contributed by atoms with Gasteiger partial charge in [-0.3, -0.25) is 19.5 Å². The van der Waals surface area contributed by atoms with Gasteiger partial charge in [-0.1, -0.05) is 29.5 Å². The van der Waals surface area contributed by atoms with Crippen LogP contribution in [0.4, 0.5) is 5.13 Å². The van der Waals surface area contributed by atoms with Crippen LogP contribution in [0.25, 0.3) is 21.3 Å². The Hall–Kier alpha value is -2.91. The SMILES string of the molecule is Cc1nnc(NC(=O)Cn2cnc3scc(-c4ccc5c(c4)CCCC5)c3c2=O)s1. The normalized spacial score (nSPS) is 13.4. The average molecular weight is 438 g/mol. The minimum absolute atomic E-state index is 0.125. The quantitative estimate of drug-likeness (QED) is 0.524. The Kier molecular flexibility index (Phi) is 4.92. The monoisotopic (exact) mass is 437 g/mol. The van der Waals surface area contributed by atoms with Crippen molar-refractivity contribution in [3.8, 4) is 11.1 Å². The van der Waals surface area contributed by atoms with Gasteiger partial charge in [0.2, 0.25) is 11.0 Å². The Balaban J connectivity index is 1.48. The van der Waals surface area contributed by atoms with Crippen molar-refractivity contribution >= 4 is 43.9 Å². The third kappa shape index (κ3) is 3.54. The van der Waals surface area contributed by atoms with Crippen molar-refractivity contribution in [2.45, 2.75) is 39.2 Å². The number of carbonyl (C=O) groups is 1. The smallest absolute Gasteiger partial charge is 0.263 e. The molecule has 1 N–H and O–H groups in total. The number of aromatic nitrogens is 4. The van der Waals surface area contributed by atoms with Crippen molar-refractivity contribution in [2.75, 3.05) is 5.32 Å². The van der Waals surface area contributed by atoms with E-state index in [2.05, 4.69) is 38.7 Å². The maximum atomic E-state index is 13.2. The van der Waals surface area contributed by atoms with E-state index in [0.29, 0.717) is 15.3 Å². The zero-order valence-electron chi connectivity index (χ0n) is 16.3. The summed E-state index contributed by atoms with van der Waals surface area (Å²) in [7, 11) is 0. The highest BCUT2D eigenvalue weighted by Crippen LogP contribution is 2.33. The van der Waals surface area contributed by atoms with Crippen LogP contribution in [0.2, 0.25) is 0 Å². The molecule has 0 saturated heterocycles. The van der Waals surface area contributed by atoms with E-state index >= 15 is 0 Å². The molecule has 3 heterocycles. The molecule has 0 saturated carbocycles. The highest BCUT2D eigenvalue weighted by atomic mass is 32.1. The van der Waals surface area contributed by atoms with Crippen LogP contribution in [0.3, 0.4) is 0 Å². The summed E-state index contributed by atoms with van der Waals surface area (Å²) in [6, 6.07) is 6.48. The van der Waals surface area contributed by atoms with Gasteiger partial charge in [-0.25, -0.2) is 4.98 Å². The first-order chi connectivity index (χ1) is 14.6. The number of aryl methyl sites for hydroxylation is 3. The predicted molar refractivity (Wildman–Crippen MR) is 119 cm³/mol.